The van der Waals surface area contributed by atoms with Crippen LogP contribution in [0, 0.1) is 11.8 Å². The molecular formula is C34H56O9Si. The fraction of sp³-hybridized carbons (Fsp3) is 0.706. The SMILES string of the molecule is C=CC[C@H]1O[C@@](OC)([C@H](OC(C)=O)[C@H](C[C@@H](COCc2ccccc2)OC)OC(C)=O)[C@H](C)[C@@H](O[Si](CC)(CC)CC)[C@H]1C. The molecule has 1 aliphatic rings. The molecule has 0 spiro atoms. The second-order valence-corrected chi connectivity index (χ2v) is 16.6. The fourth-order valence-electron chi connectivity index (χ4n) is 6.37. The van der Waals surface area contributed by atoms with Gasteiger partial charge in [0.1, 0.15) is 6.10 Å². The van der Waals surface area contributed by atoms with Gasteiger partial charge in [-0.25, -0.2) is 0 Å². The lowest BCUT2D eigenvalue weighted by Crippen LogP contribution is -2.68. The lowest BCUT2D eigenvalue weighted by atomic mass is 9.76. The third-order valence-electron chi connectivity index (χ3n) is 9.19. The van der Waals surface area contributed by atoms with Crippen LogP contribution in [0.25, 0.3) is 0 Å². The van der Waals surface area contributed by atoms with Crippen molar-refractivity contribution in [3.8, 4) is 0 Å². The first kappa shape index (κ1) is 38.1. The van der Waals surface area contributed by atoms with Crippen LogP contribution >= 0.6 is 0 Å². The van der Waals surface area contributed by atoms with Gasteiger partial charge in [-0.2, -0.15) is 0 Å². The second-order valence-electron chi connectivity index (χ2n) is 11.9. The highest BCUT2D eigenvalue weighted by molar-refractivity contribution is 6.73. The van der Waals surface area contributed by atoms with Gasteiger partial charge < -0.3 is 32.8 Å². The van der Waals surface area contributed by atoms with Crippen LogP contribution in [-0.4, -0.2) is 77.4 Å². The Bertz CT molecular complexity index is 1010. The normalized spacial score (nSPS) is 25.9. The van der Waals surface area contributed by atoms with Crippen molar-refractivity contribution in [1.82, 2.24) is 0 Å². The van der Waals surface area contributed by atoms with E-state index in [1.807, 2.05) is 43.3 Å². The smallest absolute Gasteiger partial charge is 0.303 e. The van der Waals surface area contributed by atoms with E-state index in [1.54, 1.807) is 7.11 Å². The van der Waals surface area contributed by atoms with E-state index < -0.39 is 50.3 Å². The zero-order chi connectivity index (χ0) is 32.9. The predicted molar refractivity (Wildman–Crippen MR) is 172 cm³/mol. The Morgan fingerprint density at radius 2 is 1.64 bits per heavy atom. The highest BCUT2D eigenvalue weighted by Gasteiger charge is 2.61. The van der Waals surface area contributed by atoms with E-state index in [0.717, 1.165) is 23.7 Å². The Labute approximate surface area is 266 Å². The zero-order valence-corrected chi connectivity index (χ0v) is 29.3. The monoisotopic (exact) mass is 636 g/mol. The van der Waals surface area contributed by atoms with Crippen LogP contribution in [0.1, 0.15) is 66.9 Å². The number of carbonyl (C=O) groups is 2. The maximum atomic E-state index is 12.7. The van der Waals surface area contributed by atoms with Gasteiger partial charge in [-0.3, -0.25) is 9.59 Å². The summed E-state index contributed by atoms with van der Waals surface area (Å²) >= 11 is 0. The molecule has 1 aliphatic heterocycles. The molecule has 0 radical (unpaired) electrons. The number of ether oxygens (including phenoxy) is 6. The van der Waals surface area contributed by atoms with E-state index in [4.69, 9.17) is 32.8 Å². The van der Waals surface area contributed by atoms with Gasteiger partial charge >= 0.3 is 11.9 Å². The number of methoxy groups -OCH3 is 2. The topological polar surface area (TPSA) is 98.8 Å². The Kier molecular flexibility index (Phi) is 15.7. The summed E-state index contributed by atoms with van der Waals surface area (Å²) < 4.78 is 43.9. The summed E-state index contributed by atoms with van der Waals surface area (Å²) in [5, 5.41) is 0. The van der Waals surface area contributed by atoms with E-state index in [2.05, 4.69) is 34.3 Å². The van der Waals surface area contributed by atoms with Crippen molar-refractivity contribution < 1.29 is 42.4 Å². The van der Waals surface area contributed by atoms with E-state index >= 15 is 0 Å². The second kappa shape index (κ2) is 18.2. The number of esters is 2. The molecule has 0 bridgehead atoms. The molecule has 2 rings (SSSR count). The van der Waals surface area contributed by atoms with Crippen molar-refractivity contribution in [2.75, 3.05) is 20.8 Å². The van der Waals surface area contributed by atoms with E-state index in [9.17, 15) is 9.59 Å². The molecule has 0 N–H and O–H groups in total. The quantitative estimate of drug-likeness (QED) is 0.0964. The highest BCUT2D eigenvalue weighted by Crippen LogP contribution is 2.47. The lowest BCUT2D eigenvalue weighted by molar-refractivity contribution is -0.367. The summed E-state index contributed by atoms with van der Waals surface area (Å²) in [5.74, 6) is -2.96. The van der Waals surface area contributed by atoms with Crippen LogP contribution in [-0.2, 0) is 49.0 Å². The Balaban J connectivity index is 2.54. The van der Waals surface area contributed by atoms with Gasteiger partial charge in [0, 0.05) is 46.3 Å². The molecule has 8 atom stereocenters. The molecule has 0 aliphatic carbocycles. The molecular weight excluding hydrogens is 580 g/mol. The zero-order valence-electron chi connectivity index (χ0n) is 28.3. The minimum atomic E-state index is -2.08. The summed E-state index contributed by atoms with van der Waals surface area (Å²) in [6, 6.07) is 12.8. The van der Waals surface area contributed by atoms with E-state index in [1.165, 1.54) is 21.0 Å². The summed E-state index contributed by atoms with van der Waals surface area (Å²) in [5.41, 5.74) is 1.03. The van der Waals surface area contributed by atoms with Crippen LogP contribution in [0.2, 0.25) is 18.1 Å². The third-order valence-corrected chi connectivity index (χ3v) is 13.8. The average Bonchev–Trinajstić information content (AvgIpc) is 3.01. The van der Waals surface area contributed by atoms with Crippen molar-refractivity contribution >= 4 is 20.3 Å². The number of hydrogen-bond donors (Lipinski definition) is 0. The van der Waals surface area contributed by atoms with Gasteiger partial charge in [0.05, 0.1) is 31.5 Å². The van der Waals surface area contributed by atoms with Gasteiger partial charge in [-0.1, -0.05) is 71.0 Å². The maximum absolute atomic E-state index is 12.7. The van der Waals surface area contributed by atoms with Crippen LogP contribution < -0.4 is 0 Å². The lowest BCUT2D eigenvalue weighted by Gasteiger charge is -2.55. The van der Waals surface area contributed by atoms with Crippen LogP contribution in [0.4, 0.5) is 0 Å². The van der Waals surface area contributed by atoms with E-state index in [-0.39, 0.29) is 31.2 Å². The van der Waals surface area contributed by atoms with Crippen molar-refractivity contribution in [1.29, 1.82) is 0 Å². The Morgan fingerprint density at radius 1 is 1.02 bits per heavy atom. The van der Waals surface area contributed by atoms with Gasteiger partial charge in [-0.05, 0) is 30.1 Å². The summed E-state index contributed by atoms with van der Waals surface area (Å²) in [6.45, 7) is 18.0. The summed E-state index contributed by atoms with van der Waals surface area (Å²) in [6.07, 6.45) is -0.641. The molecule has 0 unspecified atom stereocenters. The molecule has 1 aromatic rings. The standard InChI is InChI=1S/C34H56O9Si/c1-11-18-30-24(5)32(43-44(12-2,13-3)14-4)25(6)34(38-10,42-30)33(41-27(8)36)31(40-26(7)35)21-29(37-9)23-39-22-28-19-16-15-17-20-28/h11,15-17,19-20,24-25,29-33H,1,12-14,18,21-23H2,2-10H3/t24-,25+,29-,30+,31-,32-,33+,34+/m0/s1. The number of rotatable bonds is 19. The minimum absolute atomic E-state index is 0.00561. The Hall–Kier alpha value is -2.08. The van der Waals surface area contributed by atoms with Crippen molar-refractivity contribution in [3.05, 3.63) is 48.6 Å². The fourth-order valence-corrected chi connectivity index (χ4v) is 9.36. The Morgan fingerprint density at radius 3 is 2.14 bits per heavy atom. The molecule has 1 saturated heterocycles. The molecule has 10 heteroatoms. The molecule has 1 heterocycles. The summed E-state index contributed by atoms with van der Waals surface area (Å²) in [4.78, 5) is 25.2. The average molecular weight is 637 g/mol. The molecule has 1 aromatic carbocycles. The molecule has 250 valence electrons. The van der Waals surface area contributed by atoms with Gasteiger partial charge in [0.2, 0.25) is 5.79 Å². The van der Waals surface area contributed by atoms with Gasteiger partial charge in [-0.15, -0.1) is 6.58 Å². The van der Waals surface area contributed by atoms with Gasteiger partial charge in [0.25, 0.3) is 0 Å². The first-order chi connectivity index (χ1) is 21.0. The van der Waals surface area contributed by atoms with Crippen LogP contribution in [0.15, 0.2) is 43.0 Å². The first-order valence-corrected chi connectivity index (χ1v) is 18.5. The van der Waals surface area contributed by atoms with Crippen LogP contribution in [0.5, 0.6) is 0 Å². The van der Waals surface area contributed by atoms with Gasteiger partial charge in [0.15, 0.2) is 14.4 Å². The number of hydrogen-bond acceptors (Lipinski definition) is 9. The summed E-state index contributed by atoms with van der Waals surface area (Å²) in [7, 11) is 1.03. The molecule has 0 amide bonds. The van der Waals surface area contributed by atoms with E-state index in [0.29, 0.717) is 13.0 Å². The minimum Gasteiger partial charge on any atom is -0.458 e. The largest absolute Gasteiger partial charge is 0.458 e. The van der Waals surface area contributed by atoms with Crippen molar-refractivity contribution in [3.63, 3.8) is 0 Å². The third kappa shape index (κ3) is 9.71. The predicted octanol–water partition coefficient (Wildman–Crippen LogP) is 6.45. The maximum Gasteiger partial charge on any atom is 0.303 e. The first-order valence-electron chi connectivity index (χ1n) is 16.0. The molecule has 44 heavy (non-hydrogen) atoms. The number of carbonyl (C=O) groups excluding carboxylic acids is 2. The molecule has 9 nitrogen and oxygen atoms in total. The molecule has 0 aromatic heterocycles. The molecule has 0 saturated carbocycles. The van der Waals surface area contributed by atoms with Crippen molar-refractivity contribution in [2.45, 2.75) is 122 Å². The molecule has 1 fully saturated rings. The van der Waals surface area contributed by atoms with Crippen molar-refractivity contribution in [2.24, 2.45) is 11.8 Å². The highest BCUT2D eigenvalue weighted by atomic mass is 28.4. The van der Waals surface area contributed by atoms with Crippen LogP contribution in [0.3, 0.4) is 0 Å². The number of benzene rings is 1.